The maximum atomic E-state index is 12.6. The molecule has 2 aliphatic rings. The molecular weight excluding hydrogens is 347 g/mol. The van der Waals surface area contributed by atoms with E-state index < -0.39 is 21.6 Å². The van der Waals surface area contributed by atoms with Crippen LogP contribution in [0.15, 0.2) is 24.3 Å². The van der Waals surface area contributed by atoms with Gasteiger partial charge in [-0.25, -0.2) is 8.42 Å². The van der Waals surface area contributed by atoms with Gasteiger partial charge in [-0.1, -0.05) is 6.07 Å². The largest absolute Gasteiger partial charge is 0.484 e. The summed E-state index contributed by atoms with van der Waals surface area (Å²) in [4.78, 5) is 13.5. The van der Waals surface area contributed by atoms with Crippen LogP contribution in [-0.2, 0) is 20.8 Å². The van der Waals surface area contributed by atoms with Crippen molar-refractivity contribution in [2.24, 2.45) is 11.8 Å². The summed E-state index contributed by atoms with van der Waals surface area (Å²) < 4.78 is 65.2. The first-order chi connectivity index (χ1) is 11.1. The van der Waals surface area contributed by atoms with Gasteiger partial charge >= 0.3 is 6.18 Å². The van der Waals surface area contributed by atoms with E-state index in [2.05, 4.69) is 0 Å². The van der Waals surface area contributed by atoms with E-state index in [0.29, 0.717) is 13.1 Å². The minimum absolute atomic E-state index is 0.0136. The Labute approximate surface area is 137 Å². The molecule has 1 aromatic rings. The average Bonchev–Trinajstić information content (AvgIpc) is 2.41. The summed E-state index contributed by atoms with van der Waals surface area (Å²) in [6.07, 6.45) is -4.46. The van der Waals surface area contributed by atoms with Gasteiger partial charge in [0, 0.05) is 13.1 Å². The third-order valence-electron chi connectivity index (χ3n) is 4.39. The standard InChI is InChI=1S/C15H16F3NO4S/c16-15(17,18)12-2-1-3-13(4-12)23-7-14(20)19-5-10(6-19)11-8-24(21,22)9-11/h1-4,10-11H,5-9H2. The zero-order valence-electron chi connectivity index (χ0n) is 12.6. The maximum Gasteiger partial charge on any atom is 0.416 e. The van der Waals surface area contributed by atoms with Gasteiger partial charge in [0.05, 0.1) is 17.1 Å². The highest BCUT2D eigenvalue weighted by Gasteiger charge is 2.44. The minimum Gasteiger partial charge on any atom is -0.484 e. The molecule has 2 heterocycles. The molecule has 0 atom stereocenters. The molecule has 0 spiro atoms. The van der Waals surface area contributed by atoms with Crippen LogP contribution in [0.25, 0.3) is 0 Å². The third-order valence-corrected chi connectivity index (χ3v) is 6.26. The van der Waals surface area contributed by atoms with Crippen LogP contribution in [0.2, 0.25) is 0 Å². The van der Waals surface area contributed by atoms with Crippen LogP contribution in [-0.4, -0.2) is 50.4 Å². The summed E-state index contributed by atoms with van der Waals surface area (Å²) in [5, 5.41) is 0. The normalized spacial score (nSPS) is 21.0. The quantitative estimate of drug-likeness (QED) is 0.815. The van der Waals surface area contributed by atoms with E-state index in [1.54, 1.807) is 0 Å². The molecule has 0 bridgehead atoms. The zero-order valence-corrected chi connectivity index (χ0v) is 13.4. The van der Waals surface area contributed by atoms with Crippen molar-refractivity contribution < 1.29 is 31.1 Å². The lowest BCUT2D eigenvalue weighted by atomic mass is 9.87. The number of carbonyl (C=O) groups excluding carboxylic acids is 1. The first kappa shape index (κ1) is 17.1. The molecule has 1 amide bonds. The molecule has 2 saturated heterocycles. The molecule has 0 radical (unpaired) electrons. The number of nitrogens with zero attached hydrogens (tertiary/aromatic N) is 1. The smallest absolute Gasteiger partial charge is 0.416 e. The number of ether oxygens (including phenoxy) is 1. The molecule has 0 N–H and O–H groups in total. The average molecular weight is 363 g/mol. The maximum absolute atomic E-state index is 12.6. The van der Waals surface area contributed by atoms with Gasteiger partial charge in [-0.3, -0.25) is 4.79 Å². The Morgan fingerprint density at radius 3 is 2.46 bits per heavy atom. The van der Waals surface area contributed by atoms with Crippen LogP contribution in [0, 0.1) is 11.8 Å². The van der Waals surface area contributed by atoms with Crippen LogP contribution < -0.4 is 4.74 Å². The highest BCUT2D eigenvalue weighted by atomic mass is 32.2. The predicted molar refractivity (Wildman–Crippen MR) is 79.2 cm³/mol. The fourth-order valence-electron chi connectivity index (χ4n) is 2.89. The molecule has 0 saturated carbocycles. The predicted octanol–water partition coefficient (Wildman–Crippen LogP) is 1.59. The molecule has 1 aromatic carbocycles. The summed E-state index contributed by atoms with van der Waals surface area (Å²) in [5.41, 5.74) is -0.831. The number of carbonyl (C=O) groups is 1. The number of hydrogen-bond acceptors (Lipinski definition) is 4. The topological polar surface area (TPSA) is 63.7 Å². The van der Waals surface area contributed by atoms with Crippen molar-refractivity contribution in [3.63, 3.8) is 0 Å². The molecule has 132 valence electrons. The Morgan fingerprint density at radius 2 is 1.88 bits per heavy atom. The highest BCUT2D eigenvalue weighted by Crippen LogP contribution is 2.33. The SMILES string of the molecule is O=C(COc1cccc(C(F)(F)F)c1)N1CC(C2CS(=O)(=O)C2)C1. The molecule has 5 nitrogen and oxygen atoms in total. The van der Waals surface area contributed by atoms with Gasteiger partial charge in [0.1, 0.15) is 5.75 Å². The number of hydrogen-bond donors (Lipinski definition) is 0. The fourth-order valence-corrected chi connectivity index (χ4v) is 4.64. The Bertz CT molecular complexity index is 729. The summed E-state index contributed by atoms with van der Waals surface area (Å²) in [6.45, 7) is 0.618. The molecule has 24 heavy (non-hydrogen) atoms. The monoisotopic (exact) mass is 363 g/mol. The van der Waals surface area contributed by atoms with Crippen LogP contribution in [0.3, 0.4) is 0 Å². The summed E-state index contributed by atoms with van der Waals surface area (Å²) >= 11 is 0. The Balaban J connectivity index is 1.46. The molecule has 9 heteroatoms. The minimum atomic E-state index is -4.46. The van der Waals surface area contributed by atoms with Crippen LogP contribution in [0.5, 0.6) is 5.75 Å². The third kappa shape index (κ3) is 3.66. The molecule has 2 fully saturated rings. The van der Waals surface area contributed by atoms with Crippen LogP contribution in [0.1, 0.15) is 5.56 Å². The second-order valence-electron chi connectivity index (χ2n) is 6.21. The number of amides is 1. The van der Waals surface area contributed by atoms with Gasteiger partial charge in [0.15, 0.2) is 16.4 Å². The summed E-state index contributed by atoms with van der Waals surface area (Å²) in [6, 6.07) is 4.37. The molecule has 0 unspecified atom stereocenters. The molecular formula is C15H16F3NO4S. The van der Waals surface area contributed by atoms with Crippen molar-refractivity contribution in [1.82, 2.24) is 4.90 Å². The fraction of sp³-hybridized carbons (Fsp3) is 0.533. The zero-order chi connectivity index (χ0) is 17.5. The van der Waals surface area contributed by atoms with E-state index in [-0.39, 0.29) is 41.6 Å². The number of rotatable bonds is 4. The van der Waals surface area contributed by atoms with Crippen molar-refractivity contribution in [3.8, 4) is 5.75 Å². The Morgan fingerprint density at radius 1 is 1.21 bits per heavy atom. The van der Waals surface area contributed by atoms with Gasteiger partial charge in [0.25, 0.3) is 5.91 Å². The lowest BCUT2D eigenvalue weighted by Crippen LogP contribution is -2.58. The van der Waals surface area contributed by atoms with E-state index in [1.807, 2.05) is 0 Å². The van der Waals surface area contributed by atoms with Gasteiger partial charge < -0.3 is 9.64 Å². The van der Waals surface area contributed by atoms with Crippen molar-refractivity contribution in [2.45, 2.75) is 6.18 Å². The number of benzene rings is 1. The second kappa shape index (κ2) is 5.94. The first-order valence-corrected chi connectivity index (χ1v) is 9.24. The van der Waals surface area contributed by atoms with Gasteiger partial charge in [-0.05, 0) is 30.0 Å². The van der Waals surface area contributed by atoms with Crippen molar-refractivity contribution in [2.75, 3.05) is 31.2 Å². The van der Waals surface area contributed by atoms with Crippen molar-refractivity contribution in [1.29, 1.82) is 0 Å². The van der Waals surface area contributed by atoms with Gasteiger partial charge in [0.2, 0.25) is 0 Å². The molecule has 3 rings (SSSR count). The van der Waals surface area contributed by atoms with E-state index in [4.69, 9.17) is 4.74 Å². The summed E-state index contributed by atoms with van der Waals surface area (Å²) in [7, 11) is -2.87. The number of alkyl halides is 3. The first-order valence-electron chi connectivity index (χ1n) is 7.42. The molecule has 2 aliphatic heterocycles. The Hall–Kier alpha value is -1.77. The number of likely N-dealkylation sites (tertiary alicyclic amines) is 1. The number of sulfone groups is 1. The van der Waals surface area contributed by atoms with Crippen LogP contribution >= 0.6 is 0 Å². The molecule has 0 aliphatic carbocycles. The summed E-state index contributed by atoms with van der Waals surface area (Å²) in [5.74, 6) is 0.335. The van der Waals surface area contributed by atoms with Gasteiger partial charge in [-0.2, -0.15) is 13.2 Å². The number of halogens is 3. The van der Waals surface area contributed by atoms with E-state index in [0.717, 1.165) is 12.1 Å². The van der Waals surface area contributed by atoms with E-state index in [1.165, 1.54) is 17.0 Å². The Kier molecular flexibility index (Phi) is 4.23. The lowest BCUT2D eigenvalue weighted by Gasteiger charge is -2.46. The van der Waals surface area contributed by atoms with Crippen LogP contribution in [0.4, 0.5) is 13.2 Å². The van der Waals surface area contributed by atoms with E-state index >= 15 is 0 Å². The van der Waals surface area contributed by atoms with Gasteiger partial charge in [-0.15, -0.1) is 0 Å². The second-order valence-corrected chi connectivity index (χ2v) is 8.36. The van der Waals surface area contributed by atoms with Crippen molar-refractivity contribution in [3.05, 3.63) is 29.8 Å². The highest BCUT2D eigenvalue weighted by molar-refractivity contribution is 7.92. The molecule has 0 aromatic heterocycles. The lowest BCUT2D eigenvalue weighted by molar-refractivity contribution is -0.140. The van der Waals surface area contributed by atoms with Crippen molar-refractivity contribution >= 4 is 15.7 Å². The van der Waals surface area contributed by atoms with E-state index in [9.17, 15) is 26.4 Å².